The van der Waals surface area contributed by atoms with Crippen molar-refractivity contribution >= 4 is 11.6 Å². The van der Waals surface area contributed by atoms with Gasteiger partial charge in [0.05, 0.1) is 6.26 Å². The van der Waals surface area contributed by atoms with Crippen LogP contribution in [0.15, 0.2) is 29.1 Å². The number of anilines is 2. The lowest BCUT2D eigenvalue weighted by Crippen LogP contribution is -2.20. The predicted octanol–water partition coefficient (Wildman–Crippen LogP) is 3.50. The van der Waals surface area contributed by atoms with Crippen molar-refractivity contribution in [3.63, 3.8) is 0 Å². The van der Waals surface area contributed by atoms with Crippen LogP contribution in [0.3, 0.4) is 0 Å². The first-order chi connectivity index (χ1) is 10.2. The standard InChI is InChI=1S/C16H24N4O/c1-4-7-14-15(17-5-2)18-11-19-16(14)20-12(3)10-13-8-6-9-21-13/h6,8-9,11-12H,4-5,7,10H2,1-3H3,(H2,17,18,19,20). The highest BCUT2D eigenvalue weighted by Crippen LogP contribution is 2.22. The minimum Gasteiger partial charge on any atom is -0.469 e. The van der Waals surface area contributed by atoms with Crippen LogP contribution in [0.5, 0.6) is 0 Å². The summed E-state index contributed by atoms with van der Waals surface area (Å²) in [7, 11) is 0. The monoisotopic (exact) mass is 288 g/mol. The summed E-state index contributed by atoms with van der Waals surface area (Å²) in [6.07, 6.45) is 6.17. The number of hydrogen-bond donors (Lipinski definition) is 2. The van der Waals surface area contributed by atoms with Gasteiger partial charge in [-0.2, -0.15) is 0 Å². The van der Waals surface area contributed by atoms with Crippen LogP contribution in [0.25, 0.3) is 0 Å². The SMILES string of the molecule is CCCc1c(NCC)ncnc1NC(C)Cc1ccco1. The van der Waals surface area contributed by atoms with Crippen LogP contribution < -0.4 is 10.6 Å². The third-order valence-corrected chi connectivity index (χ3v) is 3.26. The van der Waals surface area contributed by atoms with Gasteiger partial charge in [-0.15, -0.1) is 0 Å². The van der Waals surface area contributed by atoms with Gasteiger partial charge in [-0.25, -0.2) is 9.97 Å². The van der Waals surface area contributed by atoms with Gasteiger partial charge in [0.15, 0.2) is 0 Å². The third-order valence-electron chi connectivity index (χ3n) is 3.26. The van der Waals surface area contributed by atoms with Gasteiger partial charge in [0.1, 0.15) is 23.7 Å². The van der Waals surface area contributed by atoms with Gasteiger partial charge >= 0.3 is 0 Å². The molecule has 0 amide bonds. The van der Waals surface area contributed by atoms with E-state index in [0.29, 0.717) is 0 Å². The van der Waals surface area contributed by atoms with Crippen LogP contribution in [0, 0.1) is 0 Å². The van der Waals surface area contributed by atoms with Gasteiger partial charge in [0.2, 0.25) is 0 Å². The molecule has 0 spiro atoms. The molecule has 0 aliphatic rings. The summed E-state index contributed by atoms with van der Waals surface area (Å²) in [5.74, 6) is 2.83. The highest BCUT2D eigenvalue weighted by Gasteiger charge is 2.13. The quantitative estimate of drug-likeness (QED) is 0.778. The van der Waals surface area contributed by atoms with Gasteiger partial charge in [0.25, 0.3) is 0 Å². The Kier molecular flexibility index (Phi) is 5.60. The molecule has 0 fully saturated rings. The number of aromatic nitrogens is 2. The van der Waals surface area contributed by atoms with Crippen LogP contribution in [0.1, 0.15) is 38.5 Å². The second-order valence-electron chi connectivity index (χ2n) is 5.16. The molecule has 0 bridgehead atoms. The molecule has 2 N–H and O–H groups in total. The van der Waals surface area contributed by atoms with E-state index in [1.54, 1.807) is 12.6 Å². The van der Waals surface area contributed by atoms with E-state index in [4.69, 9.17) is 4.42 Å². The molecule has 2 aromatic heterocycles. The van der Waals surface area contributed by atoms with Crippen LogP contribution in [-0.4, -0.2) is 22.6 Å². The lowest BCUT2D eigenvalue weighted by molar-refractivity contribution is 0.497. The largest absolute Gasteiger partial charge is 0.469 e. The highest BCUT2D eigenvalue weighted by atomic mass is 16.3. The summed E-state index contributed by atoms with van der Waals surface area (Å²) in [6.45, 7) is 7.23. The van der Waals surface area contributed by atoms with Gasteiger partial charge in [-0.3, -0.25) is 0 Å². The van der Waals surface area contributed by atoms with E-state index < -0.39 is 0 Å². The average Bonchev–Trinajstić information content (AvgIpc) is 2.95. The molecular formula is C16H24N4O. The van der Waals surface area contributed by atoms with Crippen molar-refractivity contribution < 1.29 is 4.42 Å². The topological polar surface area (TPSA) is 63.0 Å². The molecule has 2 aromatic rings. The van der Waals surface area contributed by atoms with Crippen molar-refractivity contribution in [2.24, 2.45) is 0 Å². The van der Waals surface area contributed by atoms with Gasteiger partial charge < -0.3 is 15.1 Å². The smallest absolute Gasteiger partial charge is 0.134 e. The first-order valence-corrected chi connectivity index (χ1v) is 7.61. The van der Waals surface area contributed by atoms with E-state index in [9.17, 15) is 0 Å². The Morgan fingerprint density at radius 3 is 2.71 bits per heavy atom. The summed E-state index contributed by atoms with van der Waals surface area (Å²) >= 11 is 0. The zero-order valence-corrected chi connectivity index (χ0v) is 13.0. The number of hydrogen-bond acceptors (Lipinski definition) is 5. The maximum atomic E-state index is 5.40. The molecule has 0 aromatic carbocycles. The summed E-state index contributed by atoms with van der Waals surface area (Å²) in [6, 6.07) is 4.16. The van der Waals surface area contributed by atoms with E-state index in [2.05, 4.69) is 41.4 Å². The minimum atomic E-state index is 0.246. The summed E-state index contributed by atoms with van der Waals surface area (Å²) in [4.78, 5) is 8.77. The first-order valence-electron chi connectivity index (χ1n) is 7.61. The van der Waals surface area contributed by atoms with Crippen molar-refractivity contribution in [2.75, 3.05) is 17.2 Å². The molecule has 0 saturated carbocycles. The van der Waals surface area contributed by atoms with Crippen molar-refractivity contribution in [2.45, 2.75) is 46.1 Å². The summed E-state index contributed by atoms with van der Waals surface area (Å²) in [5.41, 5.74) is 1.16. The molecule has 0 aliphatic carbocycles. The van der Waals surface area contributed by atoms with Gasteiger partial charge in [-0.1, -0.05) is 13.3 Å². The Balaban J connectivity index is 2.12. The first kappa shape index (κ1) is 15.4. The highest BCUT2D eigenvalue weighted by molar-refractivity contribution is 5.57. The molecule has 21 heavy (non-hydrogen) atoms. The second kappa shape index (κ2) is 7.67. The Morgan fingerprint density at radius 1 is 1.24 bits per heavy atom. The van der Waals surface area contributed by atoms with E-state index in [0.717, 1.165) is 48.8 Å². The summed E-state index contributed by atoms with van der Waals surface area (Å²) < 4.78 is 5.40. The van der Waals surface area contributed by atoms with Gasteiger partial charge in [0, 0.05) is 24.6 Å². The fraction of sp³-hybridized carbons (Fsp3) is 0.500. The molecule has 5 nitrogen and oxygen atoms in total. The van der Waals surface area contributed by atoms with Crippen molar-refractivity contribution in [1.82, 2.24) is 9.97 Å². The van der Waals surface area contributed by atoms with Crippen LogP contribution >= 0.6 is 0 Å². The maximum Gasteiger partial charge on any atom is 0.134 e. The number of furan rings is 1. The zero-order chi connectivity index (χ0) is 15.1. The molecule has 2 rings (SSSR count). The second-order valence-corrected chi connectivity index (χ2v) is 5.16. The molecule has 0 radical (unpaired) electrons. The van der Waals surface area contributed by atoms with Crippen LogP contribution in [0.2, 0.25) is 0 Å². The number of nitrogens with zero attached hydrogens (tertiary/aromatic N) is 2. The molecule has 114 valence electrons. The fourth-order valence-electron chi connectivity index (χ4n) is 2.36. The minimum absolute atomic E-state index is 0.246. The van der Waals surface area contributed by atoms with E-state index >= 15 is 0 Å². The Bertz CT molecular complexity index is 539. The summed E-state index contributed by atoms with van der Waals surface area (Å²) in [5, 5.41) is 6.79. The molecule has 0 saturated heterocycles. The normalized spacial score (nSPS) is 12.1. The van der Waals surface area contributed by atoms with E-state index in [1.165, 1.54) is 0 Å². The Morgan fingerprint density at radius 2 is 2.05 bits per heavy atom. The average molecular weight is 288 g/mol. The van der Waals surface area contributed by atoms with Gasteiger partial charge in [-0.05, 0) is 32.4 Å². The van der Waals surface area contributed by atoms with Crippen LogP contribution in [-0.2, 0) is 12.8 Å². The zero-order valence-electron chi connectivity index (χ0n) is 13.0. The molecule has 1 unspecified atom stereocenters. The lowest BCUT2D eigenvalue weighted by atomic mass is 10.1. The van der Waals surface area contributed by atoms with E-state index in [-0.39, 0.29) is 6.04 Å². The molecular weight excluding hydrogens is 264 g/mol. The van der Waals surface area contributed by atoms with Crippen molar-refractivity contribution in [3.8, 4) is 0 Å². The number of nitrogens with one attached hydrogen (secondary N) is 2. The Labute approximate surface area is 126 Å². The lowest BCUT2D eigenvalue weighted by Gasteiger charge is -2.18. The Hall–Kier alpha value is -2.04. The molecule has 5 heteroatoms. The fourth-order valence-corrected chi connectivity index (χ4v) is 2.36. The number of rotatable bonds is 8. The van der Waals surface area contributed by atoms with E-state index in [1.807, 2.05) is 12.1 Å². The molecule has 0 aliphatic heterocycles. The van der Waals surface area contributed by atoms with Crippen molar-refractivity contribution in [1.29, 1.82) is 0 Å². The predicted molar refractivity (Wildman–Crippen MR) is 85.7 cm³/mol. The third kappa shape index (κ3) is 4.21. The van der Waals surface area contributed by atoms with Crippen molar-refractivity contribution in [3.05, 3.63) is 36.0 Å². The van der Waals surface area contributed by atoms with Crippen LogP contribution in [0.4, 0.5) is 11.6 Å². The molecule has 1 atom stereocenters. The maximum absolute atomic E-state index is 5.40. The molecule has 2 heterocycles.